The molecule has 0 fully saturated rings. The number of amides is 1. The molecule has 152 valence electrons. The van der Waals surface area contributed by atoms with E-state index in [1.54, 1.807) is 0 Å². The van der Waals surface area contributed by atoms with Crippen LogP contribution in [-0.2, 0) is 16.0 Å². The average Bonchev–Trinajstić information content (AvgIpc) is 2.73. The summed E-state index contributed by atoms with van der Waals surface area (Å²) < 4.78 is 10.3. The molecular weight excluding hydrogens is 376 g/mol. The molecule has 0 radical (unpaired) electrons. The van der Waals surface area contributed by atoms with Gasteiger partial charge in [0.15, 0.2) is 6.10 Å². The van der Waals surface area contributed by atoms with E-state index in [4.69, 9.17) is 9.47 Å². The molecule has 0 aliphatic heterocycles. The maximum Gasteiger partial charge on any atom is 0.342 e. The first kappa shape index (κ1) is 20.3. The number of nitrogens with zero attached hydrogens (tertiary/aromatic N) is 1. The molecule has 1 N–H and O–H groups in total. The summed E-state index contributed by atoms with van der Waals surface area (Å²) in [7, 11) is 1.34. The molecule has 1 aliphatic carbocycles. The van der Waals surface area contributed by atoms with Gasteiger partial charge >= 0.3 is 5.97 Å². The first-order valence-electron chi connectivity index (χ1n) is 9.32. The number of nitrogens with one attached hydrogen (secondary N) is 1. The average molecular weight is 398 g/mol. The minimum absolute atomic E-state index is 0.107. The number of non-ortho nitro benzene ring substituents is 1. The van der Waals surface area contributed by atoms with Gasteiger partial charge in [0, 0.05) is 12.1 Å². The van der Waals surface area contributed by atoms with Crippen molar-refractivity contribution in [2.75, 3.05) is 7.11 Å². The largest absolute Gasteiger partial charge is 0.496 e. The van der Waals surface area contributed by atoms with E-state index >= 15 is 0 Å². The second-order valence-corrected chi connectivity index (χ2v) is 6.84. The van der Waals surface area contributed by atoms with Crippen molar-refractivity contribution in [2.24, 2.45) is 0 Å². The van der Waals surface area contributed by atoms with Gasteiger partial charge in [0.05, 0.1) is 18.1 Å². The van der Waals surface area contributed by atoms with E-state index < -0.39 is 22.9 Å². The van der Waals surface area contributed by atoms with Crippen LogP contribution in [0.5, 0.6) is 5.75 Å². The summed E-state index contributed by atoms with van der Waals surface area (Å²) >= 11 is 0. The van der Waals surface area contributed by atoms with Gasteiger partial charge in [0.1, 0.15) is 11.3 Å². The number of fused-ring (bicyclic) bond motifs is 1. The van der Waals surface area contributed by atoms with Gasteiger partial charge in [-0.3, -0.25) is 14.9 Å². The van der Waals surface area contributed by atoms with E-state index in [9.17, 15) is 19.7 Å². The van der Waals surface area contributed by atoms with E-state index in [0.717, 1.165) is 30.9 Å². The van der Waals surface area contributed by atoms with Crippen LogP contribution in [0, 0.1) is 10.1 Å². The number of hydrogen-bond acceptors (Lipinski definition) is 6. The highest BCUT2D eigenvalue weighted by atomic mass is 16.6. The van der Waals surface area contributed by atoms with E-state index in [2.05, 4.69) is 5.32 Å². The summed E-state index contributed by atoms with van der Waals surface area (Å²) in [5.41, 5.74) is 1.90. The van der Waals surface area contributed by atoms with Crippen molar-refractivity contribution in [1.82, 2.24) is 5.32 Å². The Labute approximate surface area is 168 Å². The molecule has 0 saturated carbocycles. The zero-order valence-corrected chi connectivity index (χ0v) is 16.2. The Morgan fingerprint density at radius 3 is 2.72 bits per heavy atom. The first-order valence-corrected chi connectivity index (χ1v) is 9.32. The minimum atomic E-state index is -1.07. The van der Waals surface area contributed by atoms with Crippen LogP contribution in [0.15, 0.2) is 42.5 Å². The van der Waals surface area contributed by atoms with Crippen molar-refractivity contribution in [3.05, 3.63) is 69.3 Å². The third-order valence-corrected chi connectivity index (χ3v) is 4.95. The second-order valence-electron chi connectivity index (χ2n) is 6.84. The fourth-order valence-electron chi connectivity index (χ4n) is 3.44. The molecule has 29 heavy (non-hydrogen) atoms. The summed E-state index contributed by atoms with van der Waals surface area (Å²) in [5.74, 6) is -1.16. The Hall–Kier alpha value is -3.42. The number of nitro groups is 1. The minimum Gasteiger partial charge on any atom is -0.496 e. The maximum absolute atomic E-state index is 12.6. The Morgan fingerprint density at radius 1 is 1.24 bits per heavy atom. The van der Waals surface area contributed by atoms with Gasteiger partial charge in [0.25, 0.3) is 11.6 Å². The SMILES string of the molecule is COc1ccc([N+](=O)[O-])cc1C(=O)O[C@H](C)C(=O)N[C@@H]1CCCc2ccccc21. The van der Waals surface area contributed by atoms with Crippen molar-refractivity contribution >= 4 is 17.6 Å². The Kier molecular flexibility index (Phi) is 6.11. The first-order chi connectivity index (χ1) is 13.9. The number of carbonyl (C=O) groups excluding carboxylic acids is 2. The lowest BCUT2D eigenvalue weighted by molar-refractivity contribution is -0.384. The fourth-order valence-corrected chi connectivity index (χ4v) is 3.44. The quantitative estimate of drug-likeness (QED) is 0.454. The molecule has 2 atom stereocenters. The van der Waals surface area contributed by atoms with Gasteiger partial charge in [-0.1, -0.05) is 24.3 Å². The van der Waals surface area contributed by atoms with Crippen LogP contribution >= 0.6 is 0 Å². The number of aryl methyl sites for hydroxylation is 1. The summed E-state index contributed by atoms with van der Waals surface area (Å²) in [6, 6.07) is 11.4. The molecule has 2 aromatic carbocycles. The molecule has 0 bridgehead atoms. The molecule has 0 unspecified atom stereocenters. The van der Waals surface area contributed by atoms with Gasteiger partial charge in [-0.05, 0) is 43.4 Å². The fraction of sp³-hybridized carbons (Fsp3) is 0.333. The van der Waals surface area contributed by atoms with Gasteiger partial charge < -0.3 is 14.8 Å². The molecule has 1 amide bonds. The zero-order chi connectivity index (χ0) is 21.0. The van der Waals surface area contributed by atoms with E-state index in [1.807, 2.05) is 24.3 Å². The van der Waals surface area contributed by atoms with Gasteiger partial charge in [0.2, 0.25) is 0 Å². The van der Waals surface area contributed by atoms with Crippen LogP contribution in [0.25, 0.3) is 0 Å². The summed E-state index contributed by atoms with van der Waals surface area (Å²) in [4.78, 5) is 35.4. The van der Waals surface area contributed by atoms with E-state index in [0.29, 0.717) is 0 Å². The smallest absolute Gasteiger partial charge is 0.342 e. The molecule has 0 heterocycles. The van der Waals surface area contributed by atoms with Crippen molar-refractivity contribution in [3.8, 4) is 5.75 Å². The lowest BCUT2D eigenvalue weighted by atomic mass is 9.87. The maximum atomic E-state index is 12.6. The monoisotopic (exact) mass is 398 g/mol. The van der Waals surface area contributed by atoms with Gasteiger partial charge in [-0.2, -0.15) is 0 Å². The van der Waals surface area contributed by atoms with Crippen LogP contribution < -0.4 is 10.1 Å². The molecule has 0 saturated heterocycles. The standard InChI is InChI=1S/C21H22N2O6/c1-13(20(24)22-18-9-5-7-14-6-3-4-8-16(14)18)29-21(25)17-12-15(23(26)27)10-11-19(17)28-2/h3-4,6,8,10-13,18H,5,7,9H2,1-2H3,(H,22,24)/t13-,18-/m1/s1. The Morgan fingerprint density at radius 2 is 2.00 bits per heavy atom. The molecule has 1 aliphatic rings. The lowest BCUT2D eigenvalue weighted by Gasteiger charge is -2.27. The number of rotatable bonds is 6. The number of ether oxygens (including phenoxy) is 2. The van der Waals surface area contributed by atoms with Gasteiger partial charge in [-0.25, -0.2) is 4.79 Å². The molecule has 8 nitrogen and oxygen atoms in total. The predicted molar refractivity (Wildman–Crippen MR) is 105 cm³/mol. The second kappa shape index (κ2) is 8.72. The number of esters is 1. The zero-order valence-electron chi connectivity index (χ0n) is 16.2. The van der Waals surface area contributed by atoms with Crippen LogP contribution in [0.1, 0.15) is 47.3 Å². The Bertz CT molecular complexity index is 943. The third kappa shape index (κ3) is 4.53. The Balaban J connectivity index is 1.70. The van der Waals surface area contributed by atoms with Crippen LogP contribution in [0.4, 0.5) is 5.69 Å². The van der Waals surface area contributed by atoms with Crippen LogP contribution in [0.2, 0.25) is 0 Å². The highest BCUT2D eigenvalue weighted by molar-refractivity contribution is 5.95. The number of carbonyl (C=O) groups is 2. The number of hydrogen-bond donors (Lipinski definition) is 1. The summed E-state index contributed by atoms with van der Waals surface area (Å²) in [6.45, 7) is 1.46. The summed E-state index contributed by atoms with van der Waals surface area (Å²) in [6.07, 6.45) is 1.67. The normalized spacial score (nSPS) is 16.3. The van der Waals surface area contributed by atoms with Crippen molar-refractivity contribution in [3.63, 3.8) is 0 Å². The number of methoxy groups -OCH3 is 1. The third-order valence-electron chi connectivity index (χ3n) is 4.95. The molecule has 0 aromatic heterocycles. The molecule has 8 heteroatoms. The number of benzene rings is 2. The predicted octanol–water partition coefficient (Wildman–Crippen LogP) is 3.34. The van der Waals surface area contributed by atoms with Crippen molar-refractivity contribution < 1.29 is 24.0 Å². The molecule has 0 spiro atoms. The molecule has 2 aromatic rings. The lowest BCUT2D eigenvalue weighted by Crippen LogP contribution is -2.39. The van der Waals surface area contributed by atoms with Crippen LogP contribution in [-0.4, -0.2) is 30.0 Å². The highest BCUT2D eigenvalue weighted by Gasteiger charge is 2.27. The van der Waals surface area contributed by atoms with E-state index in [1.165, 1.54) is 31.7 Å². The van der Waals surface area contributed by atoms with Gasteiger partial charge in [-0.15, -0.1) is 0 Å². The topological polar surface area (TPSA) is 108 Å². The number of nitro benzene ring substituents is 1. The molecule has 3 rings (SSSR count). The van der Waals surface area contributed by atoms with Crippen LogP contribution in [0.3, 0.4) is 0 Å². The highest BCUT2D eigenvalue weighted by Crippen LogP contribution is 2.30. The molecular formula is C21H22N2O6. The summed E-state index contributed by atoms with van der Waals surface area (Å²) in [5, 5.41) is 13.9. The van der Waals surface area contributed by atoms with Crippen molar-refractivity contribution in [1.29, 1.82) is 0 Å². The van der Waals surface area contributed by atoms with Crippen molar-refractivity contribution in [2.45, 2.75) is 38.3 Å². The van der Waals surface area contributed by atoms with E-state index in [-0.39, 0.29) is 23.0 Å².